The number of benzene rings is 1. The van der Waals surface area contributed by atoms with E-state index in [1.807, 2.05) is 0 Å². The monoisotopic (exact) mass is 234 g/mol. The molecule has 1 N–H and O–H groups in total. The maximum absolute atomic E-state index is 5.18. The highest BCUT2D eigenvalue weighted by atomic mass is 32.2. The number of hydrogen-bond acceptors (Lipinski definition) is 3. The van der Waals surface area contributed by atoms with Crippen molar-refractivity contribution < 1.29 is 4.74 Å². The van der Waals surface area contributed by atoms with Crippen molar-refractivity contribution >= 4 is 22.8 Å². The highest BCUT2D eigenvalue weighted by Crippen LogP contribution is 2.25. The van der Waals surface area contributed by atoms with Gasteiger partial charge in [0.15, 0.2) is 5.16 Å². The van der Waals surface area contributed by atoms with Gasteiger partial charge in [0.25, 0.3) is 0 Å². The molecule has 1 atom stereocenters. The number of nitrogens with zero attached hydrogens (tertiary/aromatic N) is 1. The summed E-state index contributed by atoms with van der Waals surface area (Å²) < 4.78 is 5.18. The van der Waals surface area contributed by atoms with Gasteiger partial charge in [0, 0.05) is 5.75 Å². The summed E-state index contributed by atoms with van der Waals surface area (Å²) in [7, 11) is 0. The second kappa shape index (κ2) is 3.79. The first kappa shape index (κ1) is 10.2. The molecule has 2 heterocycles. The van der Waals surface area contributed by atoms with E-state index < -0.39 is 0 Å². The van der Waals surface area contributed by atoms with Crippen molar-refractivity contribution in [3.8, 4) is 0 Å². The van der Waals surface area contributed by atoms with Gasteiger partial charge in [0.2, 0.25) is 0 Å². The lowest BCUT2D eigenvalue weighted by molar-refractivity contribution is 0.426. The Labute approximate surface area is 98.6 Å². The van der Waals surface area contributed by atoms with Crippen molar-refractivity contribution in [2.75, 3.05) is 12.4 Å². The first-order chi connectivity index (χ1) is 7.72. The van der Waals surface area contributed by atoms with Crippen LogP contribution in [0.3, 0.4) is 0 Å². The van der Waals surface area contributed by atoms with Crippen LogP contribution < -0.4 is 0 Å². The van der Waals surface area contributed by atoms with Crippen LogP contribution in [-0.4, -0.2) is 28.4 Å². The van der Waals surface area contributed by atoms with Gasteiger partial charge in [-0.25, -0.2) is 4.98 Å². The van der Waals surface area contributed by atoms with E-state index in [2.05, 4.69) is 35.9 Å². The lowest BCUT2D eigenvalue weighted by atomic mass is 10.1. The van der Waals surface area contributed by atoms with E-state index in [1.165, 1.54) is 11.1 Å². The lowest BCUT2D eigenvalue weighted by Gasteiger charge is -1.97. The molecule has 1 aromatic heterocycles. The van der Waals surface area contributed by atoms with E-state index in [0.29, 0.717) is 6.10 Å². The fourth-order valence-electron chi connectivity index (χ4n) is 1.65. The third-order valence-corrected chi connectivity index (χ3v) is 3.89. The second-order valence-corrected chi connectivity index (χ2v) is 5.27. The van der Waals surface area contributed by atoms with Gasteiger partial charge in [-0.1, -0.05) is 11.8 Å². The molecule has 1 aliphatic heterocycles. The van der Waals surface area contributed by atoms with E-state index in [0.717, 1.165) is 28.5 Å². The number of aromatic nitrogens is 2. The lowest BCUT2D eigenvalue weighted by Crippen LogP contribution is -1.88. The molecule has 0 radical (unpaired) electrons. The Bertz CT molecular complexity index is 492. The number of H-pyrrole nitrogens is 1. The van der Waals surface area contributed by atoms with Gasteiger partial charge in [-0.15, -0.1) is 0 Å². The van der Waals surface area contributed by atoms with E-state index in [4.69, 9.17) is 4.74 Å². The van der Waals surface area contributed by atoms with Crippen LogP contribution in [0.25, 0.3) is 11.0 Å². The highest BCUT2D eigenvalue weighted by molar-refractivity contribution is 7.99. The number of hydrogen-bond donors (Lipinski definition) is 1. The number of nitrogens with one attached hydrogen (secondary N) is 1. The van der Waals surface area contributed by atoms with Crippen LogP contribution in [0.1, 0.15) is 11.1 Å². The Morgan fingerprint density at radius 2 is 2.19 bits per heavy atom. The van der Waals surface area contributed by atoms with Gasteiger partial charge in [0.1, 0.15) is 0 Å². The van der Waals surface area contributed by atoms with Gasteiger partial charge < -0.3 is 9.72 Å². The fraction of sp³-hybridized carbons (Fsp3) is 0.417. The molecule has 2 aromatic rings. The second-order valence-electron chi connectivity index (χ2n) is 4.26. The van der Waals surface area contributed by atoms with Gasteiger partial charge >= 0.3 is 0 Å². The van der Waals surface area contributed by atoms with Gasteiger partial charge in [-0.05, 0) is 37.1 Å². The number of epoxide rings is 1. The predicted octanol–water partition coefficient (Wildman–Crippen LogP) is 2.67. The molecule has 84 valence electrons. The molecule has 1 saturated heterocycles. The number of fused-ring (bicyclic) bond motifs is 1. The molecule has 16 heavy (non-hydrogen) atoms. The summed E-state index contributed by atoms with van der Waals surface area (Å²) in [6.45, 7) is 5.15. The van der Waals surface area contributed by atoms with Crippen LogP contribution in [0.5, 0.6) is 0 Å². The van der Waals surface area contributed by atoms with Crippen LogP contribution in [0, 0.1) is 13.8 Å². The normalized spacial score (nSPS) is 19.2. The Morgan fingerprint density at radius 3 is 2.94 bits per heavy atom. The average molecular weight is 234 g/mol. The first-order valence-corrected chi connectivity index (χ1v) is 6.42. The molecule has 0 spiro atoms. The molecule has 0 saturated carbocycles. The Morgan fingerprint density at radius 1 is 1.44 bits per heavy atom. The number of aromatic amines is 1. The van der Waals surface area contributed by atoms with Crippen molar-refractivity contribution in [1.82, 2.24) is 9.97 Å². The molecule has 0 amide bonds. The van der Waals surface area contributed by atoms with Crippen LogP contribution in [0.15, 0.2) is 17.3 Å². The van der Waals surface area contributed by atoms with Crippen LogP contribution in [0.2, 0.25) is 0 Å². The highest BCUT2D eigenvalue weighted by Gasteiger charge is 2.22. The standard InChI is InChI=1S/C12H14N2OS/c1-7-3-10-11(4-8(7)2)14-12(13-10)16-6-9-5-15-9/h3-4,9H,5-6H2,1-2H3,(H,13,14). The Balaban J connectivity index is 1.89. The zero-order chi connectivity index (χ0) is 11.1. The molecule has 0 bridgehead atoms. The quantitative estimate of drug-likeness (QED) is 0.655. The summed E-state index contributed by atoms with van der Waals surface area (Å²) in [5.74, 6) is 0.998. The molecular formula is C12H14N2OS. The van der Waals surface area contributed by atoms with Crippen LogP contribution >= 0.6 is 11.8 Å². The SMILES string of the molecule is Cc1cc2nc(SCC3CO3)[nH]c2cc1C. The summed E-state index contributed by atoms with van der Waals surface area (Å²) in [6, 6.07) is 4.30. The van der Waals surface area contributed by atoms with Crippen molar-refractivity contribution in [2.24, 2.45) is 0 Å². The van der Waals surface area contributed by atoms with Crippen molar-refractivity contribution in [1.29, 1.82) is 0 Å². The van der Waals surface area contributed by atoms with E-state index in [9.17, 15) is 0 Å². The molecule has 4 heteroatoms. The molecular weight excluding hydrogens is 220 g/mol. The summed E-state index contributed by atoms with van der Waals surface area (Å²) in [5.41, 5.74) is 4.78. The van der Waals surface area contributed by atoms with Crippen LogP contribution in [-0.2, 0) is 4.74 Å². The maximum atomic E-state index is 5.18. The number of ether oxygens (including phenoxy) is 1. The van der Waals surface area contributed by atoms with E-state index in [-0.39, 0.29) is 0 Å². The van der Waals surface area contributed by atoms with Crippen LogP contribution in [0.4, 0.5) is 0 Å². The summed E-state index contributed by atoms with van der Waals surface area (Å²) in [5, 5.41) is 0.996. The van der Waals surface area contributed by atoms with E-state index >= 15 is 0 Å². The Kier molecular flexibility index (Phi) is 2.41. The fourth-order valence-corrected chi connectivity index (χ4v) is 2.53. The summed E-state index contributed by atoms with van der Waals surface area (Å²) >= 11 is 1.74. The minimum atomic E-state index is 0.446. The zero-order valence-electron chi connectivity index (χ0n) is 9.41. The maximum Gasteiger partial charge on any atom is 0.166 e. The summed E-state index contributed by atoms with van der Waals surface area (Å²) in [4.78, 5) is 7.91. The molecule has 1 unspecified atom stereocenters. The molecule has 0 aliphatic carbocycles. The predicted molar refractivity (Wildman–Crippen MR) is 66.0 cm³/mol. The van der Waals surface area contributed by atoms with E-state index in [1.54, 1.807) is 11.8 Å². The molecule has 1 aromatic carbocycles. The summed E-state index contributed by atoms with van der Waals surface area (Å²) in [6.07, 6.45) is 0.446. The minimum Gasteiger partial charge on any atom is -0.372 e. The molecule has 3 rings (SSSR count). The van der Waals surface area contributed by atoms with Crippen molar-refractivity contribution in [3.05, 3.63) is 23.3 Å². The third-order valence-electron chi connectivity index (χ3n) is 2.88. The topological polar surface area (TPSA) is 41.2 Å². The average Bonchev–Trinajstić information content (AvgIpc) is 2.99. The van der Waals surface area contributed by atoms with Crippen molar-refractivity contribution in [3.63, 3.8) is 0 Å². The largest absolute Gasteiger partial charge is 0.372 e. The molecule has 3 nitrogen and oxygen atoms in total. The first-order valence-electron chi connectivity index (χ1n) is 5.44. The number of thioether (sulfide) groups is 1. The van der Waals surface area contributed by atoms with Gasteiger partial charge in [-0.3, -0.25) is 0 Å². The number of aryl methyl sites for hydroxylation is 2. The molecule has 1 fully saturated rings. The minimum absolute atomic E-state index is 0.446. The smallest absolute Gasteiger partial charge is 0.166 e. The number of rotatable bonds is 3. The van der Waals surface area contributed by atoms with Gasteiger partial charge in [0.05, 0.1) is 23.7 Å². The zero-order valence-corrected chi connectivity index (χ0v) is 10.2. The van der Waals surface area contributed by atoms with Gasteiger partial charge in [-0.2, -0.15) is 0 Å². The third kappa shape index (κ3) is 1.95. The number of imidazole rings is 1. The molecule has 1 aliphatic rings. The Hall–Kier alpha value is -1.00. The van der Waals surface area contributed by atoms with Crippen molar-refractivity contribution in [2.45, 2.75) is 25.1 Å².